The van der Waals surface area contributed by atoms with Crippen LogP contribution in [0.4, 0.5) is 5.69 Å². The van der Waals surface area contributed by atoms with Gasteiger partial charge in [0.05, 0.1) is 0 Å². The van der Waals surface area contributed by atoms with Gasteiger partial charge in [-0.2, -0.15) is 0 Å². The third kappa shape index (κ3) is 2.07. The zero-order valence-corrected chi connectivity index (χ0v) is 9.91. The van der Waals surface area contributed by atoms with Crippen molar-refractivity contribution in [1.82, 2.24) is 0 Å². The summed E-state index contributed by atoms with van der Waals surface area (Å²) in [5, 5.41) is 3.00. The molecule has 0 atom stereocenters. The fraction of sp³-hybridized carbons (Fsp3) is 0.500. The van der Waals surface area contributed by atoms with Crippen molar-refractivity contribution in [3.63, 3.8) is 0 Å². The number of aryl methyl sites for hydroxylation is 2. The van der Waals surface area contributed by atoms with Crippen LogP contribution in [0.2, 0.25) is 0 Å². The number of rotatable bonds is 2. The standard InChI is InChI=1S/C14H18N2O/c15-12-6-11(7-12)14(17)16-13-5-4-9-2-1-3-10(9)8-13/h4-5,8,11-12H,1-3,6-7,15H2,(H,16,17). The van der Waals surface area contributed by atoms with Crippen LogP contribution in [0.3, 0.4) is 0 Å². The fourth-order valence-corrected chi connectivity index (χ4v) is 2.77. The normalized spacial score (nSPS) is 26.2. The van der Waals surface area contributed by atoms with Gasteiger partial charge in [0.25, 0.3) is 0 Å². The minimum Gasteiger partial charge on any atom is -0.328 e. The van der Waals surface area contributed by atoms with Gasteiger partial charge in [0.1, 0.15) is 0 Å². The van der Waals surface area contributed by atoms with E-state index in [2.05, 4.69) is 17.4 Å². The number of nitrogens with two attached hydrogens (primary N) is 1. The summed E-state index contributed by atoms with van der Waals surface area (Å²) in [5.41, 5.74) is 9.47. The van der Waals surface area contributed by atoms with Gasteiger partial charge in [0, 0.05) is 17.6 Å². The van der Waals surface area contributed by atoms with Crippen molar-refractivity contribution in [1.29, 1.82) is 0 Å². The molecule has 17 heavy (non-hydrogen) atoms. The summed E-state index contributed by atoms with van der Waals surface area (Å²) in [5.74, 6) is 0.253. The molecule has 0 aromatic heterocycles. The quantitative estimate of drug-likeness (QED) is 0.814. The largest absolute Gasteiger partial charge is 0.328 e. The highest BCUT2D eigenvalue weighted by molar-refractivity contribution is 5.93. The molecule has 1 amide bonds. The summed E-state index contributed by atoms with van der Waals surface area (Å²) in [6.45, 7) is 0. The fourth-order valence-electron chi connectivity index (χ4n) is 2.77. The van der Waals surface area contributed by atoms with E-state index in [1.807, 2.05) is 6.07 Å². The van der Waals surface area contributed by atoms with Gasteiger partial charge in [-0.3, -0.25) is 4.79 Å². The number of anilines is 1. The van der Waals surface area contributed by atoms with E-state index in [1.54, 1.807) is 0 Å². The van der Waals surface area contributed by atoms with Crippen LogP contribution in [0.25, 0.3) is 0 Å². The molecule has 2 aliphatic rings. The van der Waals surface area contributed by atoms with Gasteiger partial charge in [0.15, 0.2) is 0 Å². The van der Waals surface area contributed by atoms with Crippen LogP contribution in [0.1, 0.15) is 30.4 Å². The molecule has 3 rings (SSSR count). The van der Waals surface area contributed by atoms with Gasteiger partial charge >= 0.3 is 0 Å². The van der Waals surface area contributed by atoms with Crippen LogP contribution < -0.4 is 11.1 Å². The van der Waals surface area contributed by atoms with Crippen LogP contribution in [-0.2, 0) is 17.6 Å². The minimum absolute atomic E-state index is 0.123. The smallest absolute Gasteiger partial charge is 0.227 e. The number of carbonyl (C=O) groups is 1. The molecule has 3 nitrogen and oxygen atoms in total. The lowest BCUT2D eigenvalue weighted by atomic mass is 9.80. The number of benzene rings is 1. The van der Waals surface area contributed by atoms with E-state index in [9.17, 15) is 4.79 Å². The monoisotopic (exact) mass is 230 g/mol. The molecule has 0 heterocycles. The Morgan fingerprint density at radius 2 is 2.00 bits per heavy atom. The van der Waals surface area contributed by atoms with E-state index in [4.69, 9.17) is 5.73 Å². The summed E-state index contributed by atoms with van der Waals surface area (Å²) in [4.78, 5) is 11.9. The van der Waals surface area contributed by atoms with E-state index in [0.717, 1.165) is 24.9 Å². The summed E-state index contributed by atoms with van der Waals surface area (Å²) in [6, 6.07) is 6.51. The maximum Gasteiger partial charge on any atom is 0.227 e. The molecular formula is C14H18N2O. The summed E-state index contributed by atoms with van der Waals surface area (Å²) in [7, 11) is 0. The van der Waals surface area contributed by atoms with Crippen molar-refractivity contribution in [3.05, 3.63) is 29.3 Å². The Bertz CT molecular complexity index is 450. The number of hydrogen-bond acceptors (Lipinski definition) is 2. The van der Waals surface area contributed by atoms with E-state index in [1.165, 1.54) is 24.0 Å². The maximum atomic E-state index is 11.9. The molecule has 0 spiro atoms. The van der Waals surface area contributed by atoms with Gasteiger partial charge in [-0.1, -0.05) is 6.07 Å². The van der Waals surface area contributed by atoms with Crippen LogP contribution in [0.5, 0.6) is 0 Å². The predicted molar refractivity (Wildman–Crippen MR) is 67.8 cm³/mol. The molecule has 0 saturated heterocycles. The Labute approximate surface area is 101 Å². The van der Waals surface area contributed by atoms with Crippen molar-refractivity contribution in [2.45, 2.75) is 38.1 Å². The van der Waals surface area contributed by atoms with Gasteiger partial charge in [-0.15, -0.1) is 0 Å². The third-order valence-electron chi connectivity index (χ3n) is 3.91. The second-order valence-corrected chi connectivity index (χ2v) is 5.25. The molecule has 90 valence electrons. The summed E-state index contributed by atoms with van der Waals surface area (Å²) in [6.07, 6.45) is 5.23. The molecule has 1 aromatic rings. The first-order valence-corrected chi connectivity index (χ1v) is 6.40. The average Bonchev–Trinajstić information content (AvgIpc) is 2.71. The van der Waals surface area contributed by atoms with E-state index in [0.29, 0.717) is 0 Å². The summed E-state index contributed by atoms with van der Waals surface area (Å²) >= 11 is 0. The van der Waals surface area contributed by atoms with E-state index < -0.39 is 0 Å². The Hall–Kier alpha value is -1.35. The van der Waals surface area contributed by atoms with Crippen molar-refractivity contribution in [2.24, 2.45) is 11.7 Å². The van der Waals surface area contributed by atoms with Crippen LogP contribution in [0.15, 0.2) is 18.2 Å². The SMILES string of the molecule is NC1CC(C(=O)Nc2ccc3c(c2)CCC3)C1. The predicted octanol–water partition coefficient (Wildman–Crippen LogP) is 1.85. The summed E-state index contributed by atoms with van der Waals surface area (Å²) < 4.78 is 0. The lowest BCUT2D eigenvalue weighted by Gasteiger charge is -2.31. The van der Waals surface area contributed by atoms with Crippen LogP contribution in [-0.4, -0.2) is 11.9 Å². The topological polar surface area (TPSA) is 55.1 Å². The van der Waals surface area contributed by atoms with E-state index in [-0.39, 0.29) is 17.9 Å². The molecule has 0 aliphatic heterocycles. The highest BCUT2D eigenvalue weighted by atomic mass is 16.1. The number of hydrogen-bond donors (Lipinski definition) is 2. The van der Waals surface area contributed by atoms with Gasteiger partial charge in [-0.05, 0) is 55.4 Å². The van der Waals surface area contributed by atoms with Gasteiger partial charge in [-0.25, -0.2) is 0 Å². The molecule has 0 unspecified atom stereocenters. The maximum absolute atomic E-state index is 11.9. The lowest BCUT2D eigenvalue weighted by molar-refractivity contribution is -0.122. The molecule has 2 aliphatic carbocycles. The second kappa shape index (κ2) is 4.15. The highest BCUT2D eigenvalue weighted by Gasteiger charge is 2.31. The molecule has 1 fully saturated rings. The Morgan fingerprint density at radius 3 is 2.76 bits per heavy atom. The first-order chi connectivity index (χ1) is 8.22. The van der Waals surface area contributed by atoms with Crippen LogP contribution in [0, 0.1) is 5.92 Å². The number of nitrogens with one attached hydrogen (secondary N) is 1. The van der Waals surface area contributed by atoms with Crippen molar-refractivity contribution < 1.29 is 4.79 Å². The zero-order chi connectivity index (χ0) is 11.8. The van der Waals surface area contributed by atoms with E-state index >= 15 is 0 Å². The number of amides is 1. The molecule has 3 heteroatoms. The highest BCUT2D eigenvalue weighted by Crippen LogP contribution is 2.28. The Morgan fingerprint density at radius 1 is 1.24 bits per heavy atom. The van der Waals surface area contributed by atoms with Crippen molar-refractivity contribution >= 4 is 11.6 Å². The molecule has 1 aromatic carbocycles. The first-order valence-electron chi connectivity index (χ1n) is 6.40. The second-order valence-electron chi connectivity index (χ2n) is 5.25. The molecule has 0 bridgehead atoms. The van der Waals surface area contributed by atoms with Gasteiger partial charge < -0.3 is 11.1 Å². The number of fused-ring (bicyclic) bond motifs is 1. The first kappa shape index (κ1) is 10.8. The molecular weight excluding hydrogens is 212 g/mol. The zero-order valence-electron chi connectivity index (χ0n) is 9.91. The Kier molecular flexibility index (Phi) is 2.63. The third-order valence-corrected chi connectivity index (χ3v) is 3.91. The molecule has 1 saturated carbocycles. The minimum atomic E-state index is 0.123. The lowest BCUT2D eigenvalue weighted by Crippen LogP contribution is -2.42. The average molecular weight is 230 g/mol. The number of carbonyl (C=O) groups excluding carboxylic acids is 1. The Balaban J connectivity index is 1.67. The van der Waals surface area contributed by atoms with Crippen LogP contribution >= 0.6 is 0 Å². The van der Waals surface area contributed by atoms with Crippen molar-refractivity contribution in [3.8, 4) is 0 Å². The molecule has 0 radical (unpaired) electrons. The molecule has 3 N–H and O–H groups in total. The van der Waals surface area contributed by atoms with Gasteiger partial charge in [0.2, 0.25) is 5.91 Å². The van der Waals surface area contributed by atoms with Crippen molar-refractivity contribution in [2.75, 3.05) is 5.32 Å².